The molecule has 0 atom stereocenters. The molecule has 0 aliphatic rings. The number of carbonyl (C=O) groups is 2. The number of hydrogen-bond donors (Lipinski definition) is 3. The van der Waals surface area contributed by atoms with Gasteiger partial charge in [0.05, 0.1) is 22.4 Å². The van der Waals surface area contributed by atoms with Gasteiger partial charge in [0, 0.05) is 11.3 Å². The number of benzene rings is 2. The lowest BCUT2D eigenvalue weighted by atomic mass is 9.82. The van der Waals surface area contributed by atoms with Gasteiger partial charge in [0.25, 0.3) is 5.91 Å². The minimum atomic E-state index is -1.01. The lowest BCUT2D eigenvalue weighted by molar-refractivity contribution is 0.0693. The van der Waals surface area contributed by atoms with Gasteiger partial charge in [0.2, 0.25) is 0 Å². The largest absolute Gasteiger partial charge is 0.478 e. The molecule has 0 fully saturated rings. The molecule has 7 heteroatoms. The van der Waals surface area contributed by atoms with Crippen molar-refractivity contribution in [3.05, 3.63) is 58.1 Å². The average Bonchev–Trinajstić information content (AvgIpc) is 3.02. The Morgan fingerprint density at radius 2 is 1.89 bits per heavy atom. The van der Waals surface area contributed by atoms with E-state index in [-0.39, 0.29) is 18.1 Å². The van der Waals surface area contributed by atoms with Gasteiger partial charge in [-0.25, -0.2) is 9.78 Å². The van der Waals surface area contributed by atoms with Crippen LogP contribution >= 0.6 is 11.3 Å². The van der Waals surface area contributed by atoms with Gasteiger partial charge < -0.3 is 15.5 Å². The quantitative estimate of drug-likeness (QED) is 0.630. The first-order valence-corrected chi connectivity index (χ1v) is 9.20. The van der Waals surface area contributed by atoms with Crippen molar-refractivity contribution in [3.63, 3.8) is 0 Å². The van der Waals surface area contributed by atoms with E-state index in [2.05, 4.69) is 10.3 Å². The van der Waals surface area contributed by atoms with Crippen molar-refractivity contribution in [2.45, 2.75) is 32.8 Å². The van der Waals surface area contributed by atoms with E-state index in [9.17, 15) is 19.8 Å². The predicted octanol–water partition coefficient (Wildman–Crippen LogP) is 4.04. The molecule has 0 aliphatic carbocycles. The van der Waals surface area contributed by atoms with Gasteiger partial charge in [-0.15, -0.1) is 11.3 Å². The van der Waals surface area contributed by atoms with Crippen LogP contribution in [0.5, 0.6) is 0 Å². The second-order valence-corrected chi connectivity index (χ2v) is 8.33. The fourth-order valence-corrected chi connectivity index (χ4v) is 3.62. The van der Waals surface area contributed by atoms with Gasteiger partial charge in [-0.3, -0.25) is 4.79 Å². The normalized spacial score (nSPS) is 11.6. The van der Waals surface area contributed by atoms with E-state index in [0.717, 1.165) is 4.70 Å². The highest BCUT2D eigenvalue weighted by molar-refractivity contribution is 7.18. The molecule has 27 heavy (non-hydrogen) atoms. The Kier molecular flexibility index (Phi) is 4.99. The summed E-state index contributed by atoms with van der Waals surface area (Å²) in [5.41, 5.74) is 2.06. The van der Waals surface area contributed by atoms with Gasteiger partial charge >= 0.3 is 5.97 Å². The Hall–Kier alpha value is -2.77. The van der Waals surface area contributed by atoms with Crippen molar-refractivity contribution < 1.29 is 19.8 Å². The summed E-state index contributed by atoms with van der Waals surface area (Å²) in [5.74, 6) is -1.34. The van der Waals surface area contributed by atoms with Crippen molar-refractivity contribution in [1.82, 2.24) is 4.98 Å². The average molecular weight is 384 g/mol. The van der Waals surface area contributed by atoms with Crippen LogP contribution in [0.25, 0.3) is 10.2 Å². The van der Waals surface area contributed by atoms with Crippen LogP contribution in [0.2, 0.25) is 0 Å². The molecule has 1 amide bonds. The molecular weight excluding hydrogens is 364 g/mol. The number of nitrogens with zero attached hydrogens (tertiary/aromatic N) is 1. The third-order valence-electron chi connectivity index (χ3n) is 4.15. The maximum atomic E-state index is 12.7. The number of fused-ring (bicyclic) bond motifs is 1. The smallest absolute Gasteiger partial charge is 0.335 e. The van der Waals surface area contributed by atoms with Crippen LogP contribution in [-0.4, -0.2) is 27.1 Å². The Morgan fingerprint density at radius 1 is 1.15 bits per heavy atom. The highest BCUT2D eigenvalue weighted by atomic mass is 32.1. The predicted molar refractivity (Wildman–Crippen MR) is 106 cm³/mol. The van der Waals surface area contributed by atoms with Crippen molar-refractivity contribution in [2.75, 3.05) is 5.32 Å². The van der Waals surface area contributed by atoms with E-state index in [1.807, 2.05) is 26.8 Å². The van der Waals surface area contributed by atoms with E-state index >= 15 is 0 Å². The van der Waals surface area contributed by atoms with Gasteiger partial charge in [0.15, 0.2) is 0 Å². The number of nitrogens with one attached hydrogen (secondary N) is 1. The number of thiazole rings is 1. The summed E-state index contributed by atoms with van der Waals surface area (Å²) in [7, 11) is 0. The molecule has 3 aromatic rings. The first kappa shape index (κ1) is 19.0. The molecule has 0 saturated carbocycles. The second kappa shape index (κ2) is 7.09. The highest BCUT2D eigenvalue weighted by Crippen LogP contribution is 2.28. The zero-order valence-corrected chi connectivity index (χ0v) is 16.1. The first-order valence-electron chi connectivity index (χ1n) is 8.38. The van der Waals surface area contributed by atoms with Gasteiger partial charge in [0.1, 0.15) is 5.01 Å². The molecule has 3 N–H and O–H groups in total. The maximum absolute atomic E-state index is 12.7. The lowest BCUT2D eigenvalue weighted by Crippen LogP contribution is -2.19. The molecule has 6 nitrogen and oxygen atoms in total. The van der Waals surface area contributed by atoms with E-state index in [0.29, 0.717) is 27.3 Å². The fraction of sp³-hybridized carbons (Fsp3) is 0.250. The lowest BCUT2D eigenvalue weighted by Gasteiger charge is -2.22. The number of aromatic nitrogens is 1. The summed E-state index contributed by atoms with van der Waals surface area (Å²) in [6.07, 6.45) is 0. The third-order valence-corrected chi connectivity index (χ3v) is 5.17. The van der Waals surface area contributed by atoms with E-state index in [1.54, 1.807) is 18.2 Å². The molecule has 140 valence electrons. The van der Waals surface area contributed by atoms with Crippen molar-refractivity contribution in [3.8, 4) is 0 Å². The number of carboxylic acid groups (broad SMARTS) is 1. The molecule has 1 heterocycles. The number of aliphatic hydroxyl groups is 1. The Balaban J connectivity index is 1.91. The number of rotatable bonds is 4. The SMILES string of the molecule is CC(C)(C)c1cc(C(=O)Nc2ccc3sc(CO)nc3c2)ccc1C(=O)O. The van der Waals surface area contributed by atoms with Crippen LogP contribution < -0.4 is 5.32 Å². The molecule has 0 aliphatic heterocycles. The zero-order chi connectivity index (χ0) is 19.8. The topological polar surface area (TPSA) is 99.5 Å². The minimum absolute atomic E-state index is 0.119. The molecule has 0 unspecified atom stereocenters. The van der Waals surface area contributed by atoms with Crippen molar-refractivity contribution >= 4 is 39.1 Å². The van der Waals surface area contributed by atoms with Crippen molar-refractivity contribution in [2.24, 2.45) is 0 Å². The number of carbonyl (C=O) groups excluding carboxylic acids is 1. The molecule has 3 rings (SSSR count). The summed E-state index contributed by atoms with van der Waals surface area (Å²) in [6, 6.07) is 9.98. The number of hydrogen-bond acceptors (Lipinski definition) is 5. The number of aromatic carboxylic acids is 1. The van der Waals surface area contributed by atoms with Crippen LogP contribution in [0, 0.1) is 0 Å². The summed E-state index contributed by atoms with van der Waals surface area (Å²) in [4.78, 5) is 28.4. The summed E-state index contributed by atoms with van der Waals surface area (Å²) in [5, 5.41) is 22.0. The van der Waals surface area contributed by atoms with Gasteiger partial charge in [-0.1, -0.05) is 20.8 Å². The number of aliphatic hydroxyl groups excluding tert-OH is 1. The minimum Gasteiger partial charge on any atom is -0.478 e. The number of amides is 1. The Morgan fingerprint density at radius 3 is 2.52 bits per heavy atom. The summed E-state index contributed by atoms with van der Waals surface area (Å²) < 4.78 is 0.929. The monoisotopic (exact) mass is 384 g/mol. The van der Waals surface area contributed by atoms with E-state index in [1.165, 1.54) is 23.5 Å². The number of carboxylic acids is 1. The summed E-state index contributed by atoms with van der Waals surface area (Å²) >= 11 is 1.40. The zero-order valence-electron chi connectivity index (χ0n) is 15.2. The van der Waals surface area contributed by atoms with Crippen LogP contribution in [0.15, 0.2) is 36.4 Å². The second-order valence-electron chi connectivity index (χ2n) is 7.22. The first-order chi connectivity index (χ1) is 12.7. The molecule has 1 aromatic heterocycles. The van der Waals surface area contributed by atoms with Crippen LogP contribution in [-0.2, 0) is 12.0 Å². The Bertz CT molecular complexity index is 1030. The maximum Gasteiger partial charge on any atom is 0.335 e. The molecule has 0 saturated heterocycles. The van der Waals surface area contributed by atoms with Crippen LogP contribution in [0.4, 0.5) is 5.69 Å². The van der Waals surface area contributed by atoms with Crippen molar-refractivity contribution in [1.29, 1.82) is 0 Å². The molecule has 0 radical (unpaired) electrons. The third kappa shape index (κ3) is 3.99. The number of anilines is 1. The summed E-state index contributed by atoms with van der Waals surface area (Å²) in [6.45, 7) is 5.61. The fourth-order valence-electron chi connectivity index (χ4n) is 2.82. The molecule has 2 aromatic carbocycles. The van der Waals surface area contributed by atoms with Crippen LogP contribution in [0.1, 0.15) is 52.1 Å². The van der Waals surface area contributed by atoms with E-state index in [4.69, 9.17) is 0 Å². The van der Waals surface area contributed by atoms with Gasteiger partial charge in [-0.2, -0.15) is 0 Å². The van der Waals surface area contributed by atoms with Gasteiger partial charge in [-0.05, 0) is 47.4 Å². The highest BCUT2D eigenvalue weighted by Gasteiger charge is 2.23. The molecule has 0 spiro atoms. The molecular formula is C20H20N2O4S. The molecule has 0 bridgehead atoms. The Labute approximate surface area is 160 Å². The standard InChI is InChI=1S/C20H20N2O4S/c1-20(2,3)14-8-11(4-6-13(14)19(25)26)18(24)21-12-5-7-16-15(9-12)22-17(10-23)27-16/h4-9,23H,10H2,1-3H3,(H,21,24)(H,25,26). The van der Waals surface area contributed by atoms with E-state index < -0.39 is 11.4 Å². The van der Waals surface area contributed by atoms with Crippen LogP contribution in [0.3, 0.4) is 0 Å².